The van der Waals surface area contributed by atoms with E-state index in [-0.39, 0.29) is 6.54 Å². The Kier molecular flexibility index (Phi) is 5.10. The summed E-state index contributed by atoms with van der Waals surface area (Å²) in [7, 11) is 0. The SMILES string of the molecule is O=C(Cn1cnc([N+](=O)[O-])n1)Nc1ccc(N2CCOCC2)c(Cl)c1. The van der Waals surface area contributed by atoms with Crippen molar-refractivity contribution in [3.63, 3.8) is 0 Å². The first kappa shape index (κ1) is 17.1. The van der Waals surface area contributed by atoms with Crippen LogP contribution in [0.5, 0.6) is 0 Å². The summed E-state index contributed by atoms with van der Waals surface area (Å²) >= 11 is 6.31. The van der Waals surface area contributed by atoms with Crippen LogP contribution in [0.15, 0.2) is 24.5 Å². The molecular weight excluding hydrogens is 352 g/mol. The Labute approximate surface area is 147 Å². The van der Waals surface area contributed by atoms with Crippen LogP contribution in [0.25, 0.3) is 0 Å². The highest BCUT2D eigenvalue weighted by molar-refractivity contribution is 6.33. The zero-order valence-corrected chi connectivity index (χ0v) is 13.8. The van der Waals surface area contributed by atoms with Gasteiger partial charge in [-0.05, 0) is 23.1 Å². The highest BCUT2D eigenvalue weighted by Crippen LogP contribution is 2.29. The van der Waals surface area contributed by atoms with E-state index in [9.17, 15) is 14.9 Å². The maximum atomic E-state index is 12.0. The summed E-state index contributed by atoms with van der Waals surface area (Å²) in [6.07, 6.45) is 1.13. The summed E-state index contributed by atoms with van der Waals surface area (Å²) < 4.78 is 6.41. The molecule has 132 valence electrons. The third kappa shape index (κ3) is 4.22. The molecule has 0 unspecified atom stereocenters. The fourth-order valence-corrected chi connectivity index (χ4v) is 2.74. The van der Waals surface area contributed by atoms with Gasteiger partial charge in [0.05, 0.1) is 23.9 Å². The first-order chi connectivity index (χ1) is 12.0. The van der Waals surface area contributed by atoms with Gasteiger partial charge in [0, 0.05) is 23.9 Å². The normalized spacial score (nSPS) is 14.4. The van der Waals surface area contributed by atoms with Gasteiger partial charge in [-0.1, -0.05) is 16.6 Å². The lowest BCUT2D eigenvalue weighted by Gasteiger charge is -2.29. The van der Waals surface area contributed by atoms with Crippen molar-refractivity contribution in [1.82, 2.24) is 14.8 Å². The van der Waals surface area contributed by atoms with E-state index in [0.717, 1.165) is 29.8 Å². The molecule has 10 nitrogen and oxygen atoms in total. The number of hydrogen-bond acceptors (Lipinski definition) is 7. The van der Waals surface area contributed by atoms with E-state index in [1.807, 2.05) is 6.07 Å². The van der Waals surface area contributed by atoms with Gasteiger partial charge < -0.3 is 25.1 Å². The van der Waals surface area contributed by atoms with Crippen LogP contribution in [0.1, 0.15) is 0 Å². The summed E-state index contributed by atoms with van der Waals surface area (Å²) in [5.74, 6) is -0.944. The van der Waals surface area contributed by atoms with Crippen molar-refractivity contribution in [2.75, 3.05) is 36.5 Å². The standard InChI is InChI=1S/C14H15ClN6O4/c15-11-7-10(1-2-12(11)19-3-5-25-6-4-19)17-13(22)8-20-9-16-14(18-20)21(23)24/h1-2,7,9H,3-6,8H2,(H,17,22). The third-order valence-corrected chi connectivity index (χ3v) is 3.88. The summed E-state index contributed by atoms with van der Waals surface area (Å²) in [5, 5.41) is 17.3. The lowest BCUT2D eigenvalue weighted by Crippen LogP contribution is -2.36. The summed E-state index contributed by atoms with van der Waals surface area (Å²) in [5.41, 5.74) is 1.41. The minimum absolute atomic E-state index is 0.191. The largest absolute Gasteiger partial charge is 0.490 e. The first-order valence-electron chi connectivity index (χ1n) is 7.49. The van der Waals surface area contributed by atoms with Gasteiger partial charge >= 0.3 is 5.95 Å². The van der Waals surface area contributed by atoms with E-state index in [1.165, 1.54) is 0 Å². The zero-order valence-electron chi connectivity index (χ0n) is 13.1. The van der Waals surface area contributed by atoms with Crippen LogP contribution >= 0.6 is 11.6 Å². The Morgan fingerprint density at radius 2 is 2.16 bits per heavy atom. The number of carbonyl (C=O) groups excluding carboxylic acids is 1. The molecule has 1 amide bonds. The Hall–Kier alpha value is -2.72. The van der Waals surface area contributed by atoms with Crippen molar-refractivity contribution in [2.45, 2.75) is 6.54 Å². The molecule has 1 aromatic carbocycles. The van der Waals surface area contributed by atoms with Crippen LogP contribution in [-0.4, -0.2) is 51.9 Å². The molecule has 1 aliphatic heterocycles. The molecule has 1 fully saturated rings. The fraction of sp³-hybridized carbons (Fsp3) is 0.357. The van der Waals surface area contributed by atoms with Gasteiger partial charge in [-0.2, -0.15) is 4.68 Å². The van der Waals surface area contributed by atoms with Crippen LogP contribution < -0.4 is 10.2 Å². The van der Waals surface area contributed by atoms with Crippen LogP contribution in [0.4, 0.5) is 17.3 Å². The molecular formula is C14H15ClN6O4. The topological polar surface area (TPSA) is 115 Å². The zero-order chi connectivity index (χ0) is 17.8. The Morgan fingerprint density at radius 1 is 1.40 bits per heavy atom. The second-order valence-electron chi connectivity index (χ2n) is 5.31. The molecule has 0 saturated carbocycles. The van der Waals surface area contributed by atoms with Crippen molar-refractivity contribution >= 4 is 34.8 Å². The van der Waals surface area contributed by atoms with E-state index in [4.69, 9.17) is 16.3 Å². The molecule has 0 aliphatic carbocycles. The molecule has 1 aliphatic rings. The van der Waals surface area contributed by atoms with Crippen LogP contribution in [0, 0.1) is 10.1 Å². The number of rotatable bonds is 5. The monoisotopic (exact) mass is 366 g/mol. The molecule has 0 bridgehead atoms. The lowest BCUT2D eigenvalue weighted by molar-refractivity contribution is -0.394. The molecule has 1 aromatic heterocycles. The van der Waals surface area contributed by atoms with E-state index in [0.29, 0.717) is 23.9 Å². The Morgan fingerprint density at radius 3 is 2.80 bits per heavy atom. The maximum absolute atomic E-state index is 12.0. The number of ether oxygens (including phenoxy) is 1. The predicted octanol–water partition coefficient (Wildman–Crippen LogP) is 1.32. The number of aromatic nitrogens is 3. The summed E-state index contributed by atoms with van der Waals surface area (Å²) in [6.45, 7) is 2.63. The molecule has 2 heterocycles. The van der Waals surface area contributed by atoms with Crippen molar-refractivity contribution in [3.05, 3.63) is 39.7 Å². The number of carbonyl (C=O) groups is 1. The third-order valence-electron chi connectivity index (χ3n) is 3.58. The number of halogens is 1. The van der Waals surface area contributed by atoms with E-state index < -0.39 is 16.8 Å². The second kappa shape index (κ2) is 7.45. The van der Waals surface area contributed by atoms with E-state index in [2.05, 4.69) is 20.3 Å². The van der Waals surface area contributed by atoms with Crippen LogP contribution in [-0.2, 0) is 16.1 Å². The molecule has 25 heavy (non-hydrogen) atoms. The van der Waals surface area contributed by atoms with Crippen molar-refractivity contribution in [2.24, 2.45) is 0 Å². The minimum atomic E-state index is -0.724. The highest BCUT2D eigenvalue weighted by atomic mass is 35.5. The number of hydrogen-bond donors (Lipinski definition) is 1. The van der Waals surface area contributed by atoms with Gasteiger partial charge in [0.1, 0.15) is 6.54 Å². The second-order valence-corrected chi connectivity index (χ2v) is 5.72. The molecule has 2 aromatic rings. The number of anilines is 2. The average Bonchev–Trinajstić information content (AvgIpc) is 3.04. The number of benzene rings is 1. The number of nitrogens with one attached hydrogen (secondary N) is 1. The van der Waals surface area contributed by atoms with Gasteiger partial charge in [-0.25, -0.2) is 0 Å². The fourth-order valence-electron chi connectivity index (χ4n) is 2.44. The predicted molar refractivity (Wildman–Crippen MR) is 89.8 cm³/mol. The van der Waals surface area contributed by atoms with Gasteiger partial charge in [0.2, 0.25) is 12.2 Å². The molecule has 0 atom stereocenters. The Balaban J connectivity index is 1.62. The van der Waals surface area contributed by atoms with Crippen molar-refractivity contribution < 1.29 is 14.5 Å². The van der Waals surface area contributed by atoms with Crippen LogP contribution in [0.3, 0.4) is 0 Å². The average molecular weight is 367 g/mol. The maximum Gasteiger partial charge on any atom is 0.490 e. The summed E-state index contributed by atoms with van der Waals surface area (Å²) in [6, 6.07) is 5.25. The van der Waals surface area contributed by atoms with Crippen molar-refractivity contribution in [1.29, 1.82) is 0 Å². The smallest absolute Gasteiger partial charge is 0.390 e. The number of nitro groups is 1. The Bertz CT molecular complexity index is 789. The van der Waals surface area contributed by atoms with Gasteiger partial charge in [-0.3, -0.25) is 4.79 Å². The van der Waals surface area contributed by atoms with Crippen molar-refractivity contribution in [3.8, 4) is 0 Å². The summed E-state index contributed by atoms with van der Waals surface area (Å²) in [4.78, 5) is 27.4. The molecule has 0 radical (unpaired) electrons. The first-order valence-corrected chi connectivity index (χ1v) is 7.86. The van der Waals surface area contributed by atoms with Gasteiger partial charge in [0.25, 0.3) is 0 Å². The number of morpholine rings is 1. The molecule has 3 rings (SSSR count). The van der Waals surface area contributed by atoms with Gasteiger partial charge in [-0.15, -0.1) is 0 Å². The molecule has 11 heteroatoms. The number of amides is 1. The molecule has 1 N–H and O–H groups in total. The molecule has 1 saturated heterocycles. The number of nitrogens with zero attached hydrogens (tertiary/aromatic N) is 5. The van der Waals surface area contributed by atoms with Crippen LogP contribution in [0.2, 0.25) is 5.02 Å². The lowest BCUT2D eigenvalue weighted by atomic mass is 10.2. The van der Waals surface area contributed by atoms with Gasteiger partial charge in [0.15, 0.2) is 0 Å². The van der Waals surface area contributed by atoms with E-state index in [1.54, 1.807) is 12.1 Å². The highest BCUT2D eigenvalue weighted by Gasteiger charge is 2.17. The minimum Gasteiger partial charge on any atom is -0.390 e. The molecule has 0 spiro atoms. The van der Waals surface area contributed by atoms with E-state index >= 15 is 0 Å². The quantitative estimate of drug-likeness (QED) is 0.626.